The van der Waals surface area contributed by atoms with Crippen molar-refractivity contribution in [3.05, 3.63) is 55.7 Å². The van der Waals surface area contributed by atoms with Crippen molar-refractivity contribution in [1.29, 1.82) is 0 Å². The number of hydrogen-bond donors (Lipinski definition) is 2. The molecule has 0 radical (unpaired) electrons. The molecule has 2 heterocycles. The van der Waals surface area contributed by atoms with E-state index in [9.17, 15) is 27.6 Å². The summed E-state index contributed by atoms with van der Waals surface area (Å²) in [4.78, 5) is 48.7. The number of thiophene rings is 1. The van der Waals surface area contributed by atoms with Crippen LogP contribution in [0.4, 0.5) is 13.2 Å². The number of nitrogens with two attached hydrogens (primary N) is 1. The minimum Gasteiger partial charge on any atom is -0.475 e. The predicted octanol–water partition coefficient (Wildman–Crippen LogP) is 6.92. The molecule has 3 N–H and O–H groups in total. The number of Topliss-reactive ketones (excluding diaryl/α,β-unsaturated/α-hetero) is 1. The highest BCUT2D eigenvalue weighted by Gasteiger charge is 2.40. The molecule has 1 saturated carbocycles. The Morgan fingerprint density at radius 2 is 1.70 bits per heavy atom. The van der Waals surface area contributed by atoms with Crippen LogP contribution in [0.5, 0.6) is 0 Å². The zero-order valence-electron chi connectivity index (χ0n) is 25.8. The van der Waals surface area contributed by atoms with Crippen molar-refractivity contribution in [2.75, 3.05) is 19.6 Å². The Hall–Kier alpha value is -2.96. The van der Waals surface area contributed by atoms with Crippen LogP contribution >= 0.6 is 22.9 Å². The van der Waals surface area contributed by atoms with E-state index in [1.165, 1.54) is 24.1 Å². The topological polar surface area (TPSA) is 124 Å². The van der Waals surface area contributed by atoms with Crippen LogP contribution in [0.25, 0.3) is 0 Å². The molecule has 4 rings (SSSR count). The summed E-state index contributed by atoms with van der Waals surface area (Å²) in [6.45, 7) is 9.45. The van der Waals surface area contributed by atoms with E-state index in [2.05, 4.69) is 0 Å². The fraction of sp³-hybridized carbons (Fsp3) is 0.576. The normalized spacial score (nSPS) is 17.8. The Balaban J connectivity index is 0.000000827. The van der Waals surface area contributed by atoms with Gasteiger partial charge in [0.1, 0.15) is 17.9 Å². The number of hydrogen-bond acceptors (Lipinski definition) is 6. The van der Waals surface area contributed by atoms with Gasteiger partial charge in [-0.15, -0.1) is 11.3 Å². The second-order valence-corrected chi connectivity index (χ2v) is 14.5. The van der Waals surface area contributed by atoms with Gasteiger partial charge in [0, 0.05) is 41.5 Å². The largest absolute Gasteiger partial charge is 0.490 e. The van der Waals surface area contributed by atoms with Gasteiger partial charge in [-0.1, -0.05) is 37.6 Å². The van der Waals surface area contributed by atoms with Gasteiger partial charge in [-0.2, -0.15) is 13.2 Å². The van der Waals surface area contributed by atoms with Crippen molar-refractivity contribution < 1.29 is 46.7 Å². The Kier molecular flexibility index (Phi) is 13.8. The molecule has 0 spiro atoms. The lowest BCUT2D eigenvalue weighted by Crippen LogP contribution is -2.54. The molecule has 1 aromatic carbocycles. The Morgan fingerprint density at radius 3 is 2.20 bits per heavy atom. The summed E-state index contributed by atoms with van der Waals surface area (Å²) in [5.74, 6) is -2.58. The summed E-state index contributed by atoms with van der Waals surface area (Å²) in [5, 5.41) is 7.76. The summed E-state index contributed by atoms with van der Waals surface area (Å²) >= 11 is 7.56. The molecule has 1 atom stereocenters. The highest BCUT2D eigenvalue weighted by molar-refractivity contribution is 7.12. The molecular weight excluding hydrogens is 645 g/mol. The highest BCUT2D eigenvalue weighted by atomic mass is 35.5. The van der Waals surface area contributed by atoms with Crippen LogP contribution < -0.4 is 5.73 Å². The molecule has 1 fully saturated rings. The first-order valence-electron chi connectivity index (χ1n) is 14.9. The first kappa shape index (κ1) is 39.2. The number of carbonyl (C=O) groups excluding carboxylic acids is 3. The van der Waals surface area contributed by atoms with Crippen molar-refractivity contribution in [2.45, 2.75) is 97.9 Å². The number of ketones is 1. The number of carboxylic acids is 1. The quantitative estimate of drug-likeness (QED) is 0.195. The third-order valence-electron chi connectivity index (χ3n) is 7.94. The number of carboxylic acid groups (broad SMARTS) is 1. The lowest BCUT2D eigenvalue weighted by atomic mass is 9.83. The minimum atomic E-state index is -5.08. The molecule has 8 nitrogen and oxygen atoms in total. The smallest absolute Gasteiger partial charge is 0.475 e. The first-order valence-corrected chi connectivity index (χ1v) is 16.1. The molecule has 1 aliphatic carbocycles. The molecule has 46 heavy (non-hydrogen) atoms. The maximum absolute atomic E-state index is 13.0. The number of ether oxygens (including phenoxy) is 1. The Bertz CT molecular complexity index is 1380. The van der Waals surface area contributed by atoms with Crippen LogP contribution in [0.15, 0.2) is 24.3 Å². The van der Waals surface area contributed by atoms with Crippen molar-refractivity contribution in [3.8, 4) is 0 Å². The number of rotatable bonds is 11. The Labute approximate surface area is 277 Å². The van der Waals surface area contributed by atoms with Crippen molar-refractivity contribution in [1.82, 2.24) is 0 Å². The van der Waals surface area contributed by atoms with Crippen LogP contribution in [-0.2, 0) is 44.9 Å². The molecule has 1 amide bonds. The number of quaternary nitrogens is 1. The average molecular weight is 690 g/mol. The van der Waals surface area contributed by atoms with Gasteiger partial charge in [-0.05, 0) is 56.9 Å². The number of alkyl halides is 3. The van der Waals surface area contributed by atoms with E-state index in [0.29, 0.717) is 29.3 Å². The molecular formula is C33H45ClF3N2O6S+. The van der Waals surface area contributed by atoms with Crippen LogP contribution in [0.1, 0.15) is 91.5 Å². The summed E-state index contributed by atoms with van der Waals surface area (Å²) in [5.41, 5.74) is 7.88. The molecule has 2 aliphatic rings. The number of fused-ring (bicyclic) bond motifs is 1. The Morgan fingerprint density at radius 1 is 1.09 bits per heavy atom. The van der Waals surface area contributed by atoms with Crippen LogP contribution in [0, 0.1) is 5.92 Å². The van der Waals surface area contributed by atoms with E-state index < -0.39 is 23.7 Å². The second kappa shape index (κ2) is 16.2. The number of esters is 1. The molecule has 1 aromatic heterocycles. The van der Waals surface area contributed by atoms with Gasteiger partial charge in [0.2, 0.25) is 5.91 Å². The number of nitrogens with zero attached hydrogens (tertiary/aromatic N) is 1. The van der Waals surface area contributed by atoms with Crippen LogP contribution in [-0.4, -0.2) is 64.6 Å². The summed E-state index contributed by atoms with van der Waals surface area (Å²) < 4.78 is 38.2. The number of amides is 1. The number of benzene rings is 1. The van der Waals surface area contributed by atoms with E-state index in [-0.39, 0.29) is 25.6 Å². The molecule has 256 valence electrons. The summed E-state index contributed by atoms with van der Waals surface area (Å²) in [7, 11) is 0. The zero-order valence-corrected chi connectivity index (χ0v) is 27.4. The van der Waals surface area contributed by atoms with Gasteiger partial charge >= 0.3 is 18.1 Å². The third-order valence-corrected chi connectivity index (χ3v) is 9.41. The number of aliphatic carboxylic acids is 1. The van der Waals surface area contributed by atoms with Gasteiger partial charge in [0.15, 0.2) is 0 Å². The third kappa shape index (κ3) is 11.7. The van der Waals surface area contributed by atoms with Gasteiger partial charge in [-0.3, -0.25) is 14.4 Å². The number of carbonyl (C=O) groups is 4. The van der Waals surface area contributed by atoms with Crippen LogP contribution in [0.2, 0.25) is 5.02 Å². The monoisotopic (exact) mass is 689 g/mol. The molecule has 13 heteroatoms. The standard InChI is InChI=1S/C30H39ClN2O4S.C2HF3O2.CH4/c1-30(2,3)37-27(35)8-5-14-33(18-21-6-4-7-21)15-13-24-26(19-33)38-25(28(24)29(32)36)17-23(34)16-20-9-11-22(31)12-10-20;3-2(4,5)1(6)7;/h9-12,21H,4-8,13-19H2,1-3H3,(H-,32,36);(H,6,7);1H4/p+1. The minimum absolute atomic E-state index is 0. The van der Waals surface area contributed by atoms with E-state index in [0.717, 1.165) is 59.5 Å². The van der Waals surface area contributed by atoms with Crippen molar-refractivity contribution in [2.24, 2.45) is 11.7 Å². The maximum atomic E-state index is 13.0. The van der Waals surface area contributed by atoms with Gasteiger partial charge in [-0.25, -0.2) is 4.79 Å². The molecule has 1 unspecified atom stereocenters. The van der Waals surface area contributed by atoms with Crippen LogP contribution in [0.3, 0.4) is 0 Å². The fourth-order valence-electron chi connectivity index (χ4n) is 5.79. The highest BCUT2D eigenvalue weighted by Crippen LogP contribution is 2.39. The summed E-state index contributed by atoms with van der Waals surface area (Å²) in [6, 6.07) is 7.28. The lowest BCUT2D eigenvalue weighted by Gasteiger charge is -2.45. The summed E-state index contributed by atoms with van der Waals surface area (Å²) in [6.07, 6.45) is 1.20. The van der Waals surface area contributed by atoms with E-state index in [4.69, 9.17) is 32.0 Å². The maximum Gasteiger partial charge on any atom is 0.490 e. The average Bonchev–Trinajstić information content (AvgIpc) is 3.23. The fourth-order valence-corrected chi connectivity index (χ4v) is 7.44. The second-order valence-electron chi connectivity index (χ2n) is 12.9. The zero-order chi connectivity index (χ0) is 33.6. The number of halogens is 4. The molecule has 1 aliphatic heterocycles. The van der Waals surface area contributed by atoms with E-state index in [1.807, 2.05) is 32.9 Å². The predicted molar refractivity (Wildman–Crippen MR) is 172 cm³/mol. The lowest BCUT2D eigenvalue weighted by molar-refractivity contribution is -0.946. The van der Waals surface area contributed by atoms with Crippen molar-refractivity contribution >= 4 is 46.6 Å². The molecule has 0 bridgehead atoms. The van der Waals surface area contributed by atoms with E-state index >= 15 is 0 Å². The van der Waals surface area contributed by atoms with Gasteiger partial charge in [0.05, 0.1) is 36.5 Å². The van der Waals surface area contributed by atoms with E-state index in [1.54, 1.807) is 23.5 Å². The van der Waals surface area contributed by atoms with Gasteiger partial charge < -0.3 is 20.1 Å². The molecule has 2 aromatic rings. The number of primary amides is 1. The van der Waals surface area contributed by atoms with Crippen molar-refractivity contribution in [3.63, 3.8) is 0 Å². The SMILES string of the molecule is C.CC(C)(C)OC(=O)CCC[N+]1(CC2CCC2)CCc2c(sc(CC(=O)Cc3ccc(Cl)cc3)c2C(N)=O)C1.O=C(O)C(F)(F)F. The first-order chi connectivity index (χ1) is 20.9. The van der Waals surface area contributed by atoms with Gasteiger partial charge in [0.25, 0.3) is 0 Å². The molecule has 0 saturated heterocycles.